The topological polar surface area (TPSA) is 26.3 Å². The third-order valence-electron chi connectivity index (χ3n) is 1.21. The SMILES string of the molecule is CC(=O)Oc1c(I)cc(Cl)cc1I. The summed E-state index contributed by atoms with van der Waals surface area (Å²) >= 11 is 9.97. The highest BCUT2D eigenvalue weighted by Gasteiger charge is 2.09. The predicted octanol–water partition coefficient (Wildman–Crippen LogP) is 3.47. The molecule has 0 amide bonds. The Morgan fingerprint density at radius 3 is 2.23 bits per heavy atom. The van der Waals surface area contributed by atoms with E-state index in [-0.39, 0.29) is 5.97 Å². The third kappa shape index (κ3) is 3.25. The van der Waals surface area contributed by atoms with Crippen molar-refractivity contribution in [2.24, 2.45) is 0 Å². The minimum atomic E-state index is -0.321. The molecule has 5 heteroatoms. The Kier molecular flexibility index (Phi) is 4.24. The summed E-state index contributed by atoms with van der Waals surface area (Å²) in [4.78, 5) is 10.7. The summed E-state index contributed by atoms with van der Waals surface area (Å²) in [6.45, 7) is 1.38. The number of benzene rings is 1. The quantitative estimate of drug-likeness (QED) is 0.394. The first-order valence-corrected chi connectivity index (χ1v) is 5.87. The summed E-state index contributed by atoms with van der Waals surface area (Å²) in [5.41, 5.74) is 0. The minimum Gasteiger partial charge on any atom is -0.424 e. The van der Waals surface area contributed by atoms with Crippen molar-refractivity contribution in [3.8, 4) is 5.75 Å². The van der Waals surface area contributed by atoms with Crippen molar-refractivity contribution in [2.45, 2.75) is 6.92 Å². The zero-order valence-corrected chi connectivity index (χ0v) is 11.7. The number of rotatable bonds is 1. The molecule has 1 aromatic carbocycles. The van der Waals surface area contributed by atoms with Crippen molar-refractivity contribution in [1.29, 1.82) is 0 Å². The first-order chi connectivity index (χ1) is 6.00. The number of carbonyl (C=O) groups excluding carboxylic acids is 1. The molecule has 0 saturated carbocycles. The maximum Gasteiger partial charge on any atom is 0.308 e. The average molecular weight is 422 g/mol. The lowest BCUT2D eigenvalue weighted by Crippen LogP contribution is -2.04. The number of hydrogen-bond acceptors (Lipinski definition) is 2. The largest absolute Gasteiger partial charge is 0.424 e. The average Bonchev–Trinajstić information content (AvgIpc) is 1.96. The molecule has 0 atom stereocenters. The number of hydrogen-bond donors (Lipinski definition) is 0. The van der Waals surface area contributed by atoms with Crippen LogP contribution in [0.4, 0.5) is 0 Å². The molecule has 1 rings (SSSR count). The Morgan fingerprint density at radius 1 is 1.38 bits per heavy atom. The number of esters is 1. The van der Waals surface area contributed by atoms with Crippen LogP contribution in [0.3, 0.4) is 0 Å². The summed E-state index contributed by atoms with van der Waals surface area (Å²) in [7, 11) is 0. The normalized spacial score (nSPS) is 9.85. The second kappa shape index (κ2) is 4.79. The first-order valence-electron chi connectivity index (χ1n) is 3.33. The van der Waals surface area contributed by atoms with Gasteiger partial charge in [0.2, 0.25) is 0 Å². The smallest absolute Gasteiger partial charge is 0.308 e. The molecule has 0 unspecified atom stereocenters. The van der Waals surface area contributed by atoms with E-state index in [4.69, 9.17) is 16.3 Å². The lowest BCUT2D eigenvalue weighted by molar-refractivity contribution is -0.132. The zero-order chi connectivity index (χ0) is 10.0. The Bertz CT molecular complexity index is 329. The molecule has 0 aromatic heterocycles. The summed E-state index contributed by atoms with van der Waals surface area (Å²) < 4.78 is 6.69. The van der Waals surface area contributed by atoms with Crippen molar-refractivity contribution >= 4 is 62.8 Å². The molecule has 0 spiro atoms. The van der Waals surface area contributed by atoms with Crippen LogP contribution in [0, 0.1) is 7.14 Å². The van der Waals surface area contributed by atoms with Gasteiger partial charge in [0.15, 0.2) is 5.75 Å². The Labute approximate surface area is 108 Å². The van der Waals surface area contributed by atoms with Crippen molar-refractivity contribution in [3.63, 3.8) is 0 Å². The Hall–Kier alpha value is 0.440. The molecule has 2 nitrogen and oxygen atoms in total. The summed E-state index contributed by atoms with van der Waals surface area (Å²) in [5.74, 6) is 0.260. The van der Waals surface area contributed by atoms with Gasteiger partial charge in [-0.2, -0.15) is 0 Å². The fourth-order valence-corrected chi connectivity index (χ4v) is 3.34. The molecular weight excluding hydrogens is 417 g/mol. The van der Waals surface area contributed by atoms with E-state index >= 15 is 0 Å². The lowest BCUT2D eigenvalue weighted by Gasteiger charge is -2.06. The molecule has 0 radical (unpaired) electrons. The van der Waals surface area contributed by atoms with Gasteiger partial charge < -0.3 is 4.74 Å². The van der Waals surface area contributed by atoms with E-state index < -0.39 is 0 Å². The van der Waals surface area contributed by atoms with Gasteiger partial charge in [0, 0.05) is 11.9 Å². The molecule has 0 fully saturated rings. The van der Waals surface area contributed by atoms with E-state index in [1.54, 1.807) is 12.1 Å². The Balaban J connectivity index is 3.13. The van der Waals surface area contributed by atoms with Crippen LogP contribution < -0.4 is 4.74 Å². The molecular formula is C8H5ClI2O2. The van der Waals surface area contributed by atoms with Crippen molar-refractivity contribution in [1.82, 2.24) is 0 Å². The van der Waals surface area contributed by atoms with E-state index in [1.165, 1.54) is 6.92 Å². The van der Waals surface area contributed by atoms with Crippen LogP contribution in [0.15, 0.2) is 12.1 Å². The molecule has 0 aliphatic rings. The van der Waals surface area contributed by atoms with Crippen LogP contribution in [-0.2, 0) is 4.79 Å². The molecule has 0 N–H and O–H groups in total. The number of ether oxygens (including phenoxy) is 1. The van der Waals surface area contributed by atoms with Gasteiger partial charge in [-0.3, -0.25) is 4.79 Å². The predicted molar refractivity (Wildman–Crippen MR) is 68.2 cm³/mol. The van der Waals surface area contributed by atoms with Gasteiger partial charge in [0.05, 0.1) is 7.14 Å². The summed E-state index contributed by atoms with van der Waals surface area (Å²) in [5, 5.41) is 0.643. The first kappa shape index (κ1) is 11.5. The molecule has 0 saturated heterocycles. The van der Waals surface area contributed by atoms with Crippen molar-refractivity contribution in [3.05, 3.63) is 24.3 Å². The van der Waals surface area contributed by atoms with Gasteiger partial charge in [-0.05, 0) is 57.3 Å². The highest BCUT2D eigenvalue weighted by atomic mass is 127. The van der Waals surface area contributed by atoms with Crippen LogP contribution in [0.5, 0.6) is 5.75 Å². The van der Waals surface area contributed by atoms with E-state index in [1.807, 2.05) is 0 Å². The molecule has 0 bridgehead atoms. The van der Waals surface area contributed by atoms with Gasteiger partial charge in [-0.25, -0.2) is 0 Å². The number of halogens is 3. The van der Waals surface area contributed by atoms with E-state index in [9.17, 15) is 4.79 Å². The van der Waals surface area contributed by atoms with Crippen LogP contribution in [0.1, 0.15) is 6.92 Å². The molecule has 13 heavy (non-hydrogen) atoms. The second-order valence-electron chi connectivity index (χ2n) is 2.29. The monoisotopic (exact) mass is 422 g/mol. The van der Waals surface area contributed by atoms with Crippen LogP contribution in [0.25, 0.3) is 0 Å². The highest BCUT2D eigenvalue weighted by Crippen LogP contribution is 2.30. The fourth-order valence-electron chi connectivity index (χ4n) is 0.770. The van der Waals surface area contributed by atoms with Gasteiger partial charge >= 0.3 is 5.97 Å². The molecule has 1 aromatic rings. The minimum absolute atomic E-state index is 0.321. The zero-order valence-electron chi connectivity index (χ0n) is 6.61. The van der Waals surface area contributed by atoms with Crippen LogP contribution in [-0.4, -0.2) is 5.97 Å². The van der Waals surface area contributed by atoms with Gasteiger partial charge in [0.25, 0.3) is 0 Å². The van der Waals surface area contributed by atoms with Crippen LogP contribution >= 0.6 is 56.8 Å². The fraction of sp³-hybridized carbons (Fsp3) is 0.125. The van der Waals surface area contributed by atoms with Gasteiger partial charge in [0.1, 0.15) is 0 Å². The molecule has 70 valence electrons. The highest BCUT2D eigenvalue weighted by molar-refractivity contribution is 14.1. The molecule has 0 heterocycles. The summed E-state index contributed by atoms with van der Waals surface area (Å²) in [6.07, 6.45) is 0. The number of carbonyl (C=O) groups is 1. The van der Waals surface area contributed by atoms with Gasteiger partial charge in [-0.15, -0.1) is 0 Å². The maximum atomic E-state index is 10.7. The van der Waals surface area contributed by atoms with Gasteiger partial charge in [-0.1, -0.05) is 11.6 Å². The standard InChI is InChI=1S/C8H5ClI2O2/c1-4(12)13-8-6(10)2-5(9)3-7(8)11/h2-3H,1H3. The molecule has 0 aliphatic carbocycles. The van der Waals surface area contributed by atoms with E-state index in [0.717, 1.165) is 7.14 Å². The van der Waals surface area contributed by atoms with Crippen molar-refractivity contribution < 1.29 is 9.53 Å². The second-order valence-corrected chi connectivity index (χ2v) is 5.05. The van der Waals surface area contributed by atoms with Crippen molar-refractivity contribution in [2.75, 3.05) is 0 Å². The van der Waals surface area contributed by atoms with E-state index in [0.29, 0.717) is 10.8 Å². The van der Waals surface area contributed by atoms with E-state index in [2.05, 4.69) is 45.2 Å². The molecule has 0 aliphatic heterocycles. The Morgan fingerprint density at radius 2 is 1.85 bits per heavy atom. The lowest BCUT2D eigenvalue weighted by atomic mass is 10.3. The van der Waals surface area contributed by atoms with Crippen LogP contribution in [0.2, 0.25) is 5.02 Å². The maximum absolute atomic E-state index is 10.7. The summed E-state index contributed by atoms with van der Waals surface area (Å²) in [6, 6.07) is 3.51. The third-order valence-corrected chi connectivity index (χ3v) is 3.03.